The third-order valence-corrected chi connectivity index (χ3v) is 11.0. The minimum Gasteiger partial charge on any atom is -0.492 e. The summed E-state index contributed by atoms with van der Waals surface area (Å²) in [4.78, 5) is 10.8. The molecule has 0 fully saturated rings. The minimum absolute atomic E-state index is 0.0530. The lowest BCUT2D eigenvalue weighted by Crippen LogP contribution is -2.28. The first-order chi connectivity index (χ1) is 26.6. The van der Waals surface area contributed by atoms with E-state index in [0.717, 1.165) is 40.7 Å². The Morgan fingerprint density at radius 2 is 1.17 bits per heavy atom. The van der Waals surface area contributed by atoms with Crippen LogP contribution in [0.4, 0.5) is 0 Å². The number of benzene rings is 7. The van der Waals surface area contributed by atoms with E-state index in [2.05, 4.69) is 139 Å². The lowest BCUT2D eigenvalue weighted by molar-refractivity contribution is 0.201. The number of hydrogen-bond donors (Lipinski definition) is 1. The summed E-state index contributed by atoms with van der Waals surface area (Å²) in [5.41, 5.74) is 13.6. The van der Waals surface area contributed by atoms with Crippen molar-refractivity contribution in [3.8, 4) is 44.9 Å². The molecule has 0 saturated heterocycles. The van der Waals surface area contributed by atoms with Crippen molar-refractivity contribution >= 4 is 16.8 Å². The molecule has 2 aliphatic carbocycles. The fraction of sp³-hybridized carbons (Fsp3) is 0.143. The maximum atomic E-state index is 10.8. The van der Waals surface area contributed by atoms with E-state index in [4.69, 9.17) is 9.47 Å². The lowest BCUT2D eigenvalue weighted by atomic mass is 9.67. The second-order valence-electron chi connectivity index (χ2n) is 14.0. The van der Waals surface area contributed by atoms with Crippen LogP contribution in [-0.4, -0.2) is 31.5 Å². The predicted molar refractivity (Wildman–Crippen MR) is 218 cm³/mol. The maximum absolute atomic E-state index is 10.8. The van der Waals surface area contributed by atoms with Gasteiger partial charge < -0.3 is 14.6 Å². The van der Waals surface area contributed by atoms with E-state index in [-0.39, 0.29) is 26.4 Å². The summed E-state index contributed by atoms with van der Waals surface area (Å²) < 4.78 is 11.7. The molecule has 54 heavy (non-hydrogen) atoms. The zero-order valence-electron chi connectivity index (χ0n) is 29.9. The molecular weight excluding hydrogens is 667 g/mol. The monoisotopic (exact) mass is 705 g/mol. The number of aliphatic hydroxyl groups excluding tert-OH is 1. The van der Waals surface area contributed by atoms with Crippen LogP contribution < -0.4 is 9.47 Å². The van der Waals surface area contributed by atoms with Crippen LogP contribution in [0.25, 0.3) is 50.2 Å². The highest BCUT2D eigenvalue weighted by Gasteiger charge is 2.46. The number of hydrogen-bond acceptors (Lipinski definition) is 5. The van der Waals surface area contributed by atoms with E-state index >= 15 is 0 Å². The number of aryl methyl sites for hydroxylation is 1. The van der Waals surface area contributed by atoms with Crippen LogP contribution >= 0.6 is 0 Å². The molecule has 0 aliphatic heterocycles. The highest BCUT2D eigenvalue weighted by Crippen LogP contribution is 2.58. The predicted octanol–water partition coefficient (Wildman–Crippen LogP) is 11.0. The van der Waals surface area contributed by atoms with Crippen molar-refractivity contribution in [1.29, 1.82) is 0 Å². The van der Waals surface area contributed by atoms with E-state index < -0.39 is 5.41 Å². The van der Waals surface area contributed by atoms with E-state index in [9.17, 15) is 10.0 Å². The Bertz CT molecular complexity index is 2540. The molecular formula is C49H39NO4. The number of ether oxygens (including phenoxy) is 2. The van der Waals surface area contributed by atoms with Gasteiger partial charge in [0, 0.05) is 0 Å². The number of rotatable bonds is 11. The SMILES string of the molecule is O=NCCOc1ccc(C2(c3ccc(OCCO)cc3)c3cc(-c4ccc5c(c4)C=CCC5)ccc3-c3ccc(-c4ccc5ccccc5c4)cc32)cc1. The first kappa shape index (κ1) is 33.5. The number of allylic oxidation sites excluding steroid dienone is 1. The van der Waals surface area contributed by atoms with Gasteiger partial charge in [-0.15, -0.1) is 0 Å². The van der Waals surface area contributed by atoms with Crippen molar-refractivity contribution in [2.24, 2.45) is 5.18 Å². The van der Waals surface area contributed by atoms with Crippen LogP contribution in [-0.2, 0) is 11.8 Å². The zero-order valence-corrected chi connectivity index (χ0v) is 29.9. The van der Waals surface area contributed by atoms with Gasteiger partial charge in [-0.1, -0.05) is 114 Å². The summed E-state index contributed by atoms with van der Waals surface area (Å²) in [6, 6.07) is 52.5. The normalized spacial score (nSPS) is 15.4. The van der Waals surface area contributed by atoms with Gasteiger partial charge in [-0.05, 0) is 139 Å². The van der Waals surface area contributed by atoms with Gasteiger partial charge in [0.15, 0.2) is 0 Å². The lowest BCUT2D eigenvalue weighted by Gasteiger charge is -2.34. The van der Waals surface area contributed by atoms with Crippen LogP contribution in [0.2, 0.25) is 0 Å². The Hall–Kier alpha value is -6.30. The Morgan fingerprint density at radius 1 is 0.593 bits per heavy atom. The highest BCUT2D eigenvalue weighted by molar-refractivity contribution is 5.92. The van der Waals surface area contributed by atoms with Crippen molar-refractivity contribution in [1.82, 2.24) is 0 Å². The summed E-state index contributed by atoms with van der Waals surface area (Å²) in [5.74, 6) is 1.39. The van der Waals surface area contributed by atoms with Crippen LogP contribution in [0.3, 0.4) is 0 Å². The summed E-state index contributed by atoms with van der Waals surface area (Å²) in [6.07, 6.45) is 6.66. The summed E-state index contributed by atoms with van der Waals surface area (Å²) >= 11 is 0. The third kappa shape index (κ3) is 5.87. The topological polar surface area (TPSA) is 68.1 Å². The van der Waals surface area contributed by atoms with E-state index in [1.165, 1.54) is 49.7 Å². The number of nitroso groups, excluding NO2 is 1. The molecule has 0 spiro atoms. The Kier molecular flexibility index (Phi) is 8.85. The van der Waals surface area contributed by atoms with Crippen LogP contribution in [0, 0.1) is 4.91 Å². The van der Waals surface area contributed by atoms with Crippen molar-refractivity contribution < 1.29 is 14.6 Å². The Labute approximate surface area is 315 Å². The quantitative estimate of drug-likeness (QED) is 0.107. The Balaban J connectivity index is 1.28. The summed E-state index contributed by atoms with van der Waals surface area (Å²) in [6.45, 7) is 0.494. The number of aliphatic hydroxyl groups is 1. The molecule has 5 heteroatoms. The van der Waals surface area contributed by atoms with Gasteiger partial charge in [0.05, 0.1) is 12.0 Å². The molecule has 0 saturated carbocycles. The third-order valence-electron chi connectivity index (χ3n) is 11.0. The molecule has 1 N–H and O–H groups in total. The van der Waals surface area contributed by atoms with Gasteiger partial charge in [0.1, 0.15) is 31.3 Å². The fourth-order valence-corrected chi connectivity index (χ4v) is 8.41. The summed E-state index contributed by atoms with van der Waals surface area (Å²) in [5, 5.41) is 14.8. The summed E-state index contributed by atoms with van der Waals surface area (Å²) in [7, 11) is 0. The molecule has 0 radical (unpaired) electrons. The zero-order chi connectivity index (χ0) is 36.5. The second-order valence-corrected chi connectivity index (χ2v) is 14.0. The van der Waals surface area contributed by atoms with Gasteiger partial charge in [-0.25, -0.2) is 0 Å². The standard InChI is InChI=1S/C49H39NO4/c51-26-28-54-44-21-17-42(18-22-44)49(41-15-19-43(20-16-41)53-27-25-50-52)47-31-39(37-11-9-33-5-1-3-7-35(33)29-37)13-23-45(47)46-24-14-40(32-48(46)49)38-12-10-34-6-2-4-8-36(34)30-38/h1,3-5,7-24,29-32,51H,2,6,25-28H2. The average Bonchev–Trinajstić information content (AvgIpc) is 3.52. The molecule has 1 atom stereocenters. The molecule has 0 amide bonds. The van der Waals surface area contributed by atoms with E-state index in [1.807, 2.05) is 24.3 Å². The van der Waals surface area contributed by atoms with Gasteiger partial charge in [0.2, 0.25) is 0 Å². The highest BCUT2D eigenvalue weighted by atomic mass is 16.5. The fourth-order valence-electron chi connectivity index (χ4n) is 8.41. The minimum atomic E-state index is -0.708. The molecule has 1 unspecified atom stereocenters. The molecule has 0 aromatic heterocycles. The molecule has 7 aromatic rings. The molecule has 0 heterocycles. The van der Waals surface area contributed by atoms with Crippen molar-refractivity contribution in [3.05, 3.63) is 190 Å². The van der Waals surface area contributed by atoms with Gasteiger partial charge in [-0.3, -0.25) is 0 Å². The number of nitrogens with zero attached hydrogens (tertiary/aromatic N) is 1. The van der Waals surface area contributed by atoms with Gasteiger partial charge in [-0.2, -0.15) is 4.91 Å². The van der Waals surface area contributed by atoms with Crippen LogP contribution in [0.1, 0.15) is 39.8 Å². The molecule has 264 valence electrons. The van der Waals surface area contributed by atoms with Crippen LogP contribution in [0.15, 0.2) is 157 Å². The largest absolute Gasteiger partial charge is 0.492 e. The molecule has 2 aliphatic rings. The first-order valence-corrected chi connectivity index (χ1v) is 18.6. The second kappa shape index (κ2) is 14.3. The Morgan fingerprint density at radius 3 is 1.81 bits per heavy atom. The van der Waals surface area contributed by atoms with Crippen molar-refractivity contribution in [2.45, 2.75) is 18.3 Å². The maximum Gasteiger partial charge on any atom is 0.119 e. The molecule has 0 bridgehead atoms. The van der Waals surface area contributed by atoms with Gasteiger partial charge >= 0.3 is 0 Å². The van der Waals surface area contributed by atoms with Crippen molar-refractivity contribution in [3.63, 3.8) is 0 Å². The van der Waals surface area contributed by atoms with Gasteiger partial charge in [0.25, 0.3) is 0 Å². The molecule has 9 rings (SSSR count). The average molecular weight is 706 g/mol. The van der Waals surface area contributed by atoms with E-state index in [1.54, 1.807) is 0 Å². The molecule has 5 nitrogen and oxygen atoms in total. The first-order valence-electron chi connectivity index (χ1n) is 18.6. The van der Waals surface area contributed by atoms with Crippen LogP contribution in [0.5, 0.6) is 11.5 Å². The van der Waals surface area contributed by atoms with Crippen molar-refractivity contribution in [2.75, 3.05) is 26.4 Å². The van der Waals surface area contributed by atoms with E-state index in [0.29, 0.717) is 11.5 Å². The molecule has 7 aromatic carbocycles. The number of fused-ring (bicyclic) bond motifs is 5. The smallest absolute Gasteiger partial charge is 0.119 e.